The molecule has 0 bridgehead atoms. The van der Waals surface area contributed by atoms with Crippen LogP contribution in [0.15, 0.2) is 36.5 Å². The number of hydrogen-bond acceptors (Lipinski definition) is 3. The van der Waals surface area contributed by atoms with Crippen LogP contribution >= 0.6 is 0 Å². The molecule has 0 unspecified atom stereocenters. The lowest BCUT2D eigenvalue weighted by molar-refractivity contribution is -0.147. The number of unbranched alkanes of at least 4 members (excludes halogenated alkanes) is 7. The Hall–Kier alpha value is -1.84. The molecule has 0 saturated heterocycles. The van der Waals surface area contributed by atoms with Gasteiger partial charge in [-0.3, -0.25) is 9.59 Å². The van der Waals surface area contributed by atoms with Gasteiger partial charge < -0.3 is 9.84 Å². The average Bonchev–Trinajstić information content (AvgIpc) is 2.65. The number of esters is 1. The molecule has 0 heterocycles. The minimum Gasteiger partial charge on any atom is -0.481 e. The van der Waals surface area contributed by atoms with Gasteiger partial charge in [0.2, 0.25) is 0 Å². The zero-order chi connectivity index (χ0) is 20.0. The molecular formula is C23H38O4. The molecule has 154 valence electrons. The van der Waals surface area contributed by atoms with E-state index in [-0.39, 0.29) is 12.8 Å². The SMILES string of the molecule is CC/C=C/C/C=C/C/C=C/CCCCCCCCCOC(=O)CCC(=O)O. The van der Waals surface area contributed by atoms with Crippen LogP contribution in [0.2, 0.25) is 0 Å². The molecule has 0 spiro atoms. The van der Waals surface area contributed by atoms with Gasteiger partial charge in [0.25, 0.3) is 0 Å². The normalized spacial score (nSPS) is 11.7. The van der Waals surface area contributed by atoms with Gasteiger partial charge in [0.1, 0.15) is 0 Å². The molecule has 0 aromatic rings. The first kappa shape index (κ1) is 25.2. The molecule has 0 rings (SSSR count). The fourth-order valence-electron chi connectivity index (χ4n) is 2.54. The van der Waals surface area contributed by atoms with Crippen molar-refractivity contribution in [2.75, 3.05) is 6.61 Å². The van der Waals surface area contributed by atoms with E-state index in [2.05, 4.69) is 43.4 Å². The Kier molecular flexibility index (Phi) is 19.1. The predicted octanol–water partition coefficient (Wildman–Crippen LogP) is 6.37. The summed E-state index contributed by atoms with van der Waals surface area (Å²) >= 11 is 0. The number of carboxylic acids is 1. The summed E-state index contributed by atoms with van der Waals surface area (Å²) in [5, 5.41) is 8.47. The van der Waals surface area contributed by atoms with Crippen molar-refractivity contribution in [3.8, 4) is 0 Å². The van der Waals surface area contributed by atoms with Gasteiger partial charge in [0.05, 0.1) is 19.4 Å². The molecular weight excluding hydrogens is 340 g/mol. The molecule has 0 saturated carbocycles. The summed E-state index contributed by atoms with van der Waals surface area (Å²) in [5.74, 6) is -1.37. The summed E-state index contributed by atoms with van der Waals surface area (Å²) < 4.78 is 5.00. The second kappa shape index (κ2) is 20.5. The van der Waals surface area contributed by atoms with E-state index >= 15 is 0 Å². The second-order valence-corrected chi connectivity index (χ2v) is 6.67. The van der Waals surface area contributed by atoms with E-state index in [9.17, 15) is 9.59 Å². The number of carbonyl (C=O) groups is 2. The zero-order valence-corrected chi connectivity index (χ0v) is 17.0. The van der Waals surface area contributed by atoms with E-state index in [1.807, 2.05) is 0 Å². The highest BCUT2D eigenvalue weighted by Gasteiger charge is 2.05. The van der Waals surface area contributed by atoms with E-state index in [1.165, 1.54) is 32.1 Å². The number of rotatable bonds is 18. The van der Waals surface area contributed by atoms with Crippen LogP contribution < -0.4 is 0 Å². The van der Waals surface area contributed by atoms with Crippen molar-refractivity contribution in [2.24, 2.45) is 0 Å². The summed E-state index contributed by atoms with van der Waals surface area (Å²) in [6.07, 6.45) is 25.6. The second-order valence-electron chi connectivity index (χ2n) is 6.67. The summed E-state index contributed by atoms with van der Waals surface area (Å²) in [6, 6.07) is 0. The molecule has 0 atom stereocenters. The van der Waals surface area contributed by atoms with Gasteiger partial charge in [-0.25, -0.2) is 0 Å². The first-order chi connectivity index (χ1) is 13.2. The van der Waals surface area contributed by atoms with Crippen molar-refractivity contribution < 1.29 is 19.4 Å². The van der Waals surface area contributed by atoms with Crippen LogP contribution in [-0.4, -0.2) is 23.7 Å². The largest absolute Gasteiger partial charge is 0.481 e. The summed E-state index contributed by atoms with van der Waals surface area (Å²) in [4.78, 5) is 21.6. The number of carboxylic acid groups (broad SMARTS) is 1. The first-order valence-corrected chi connectivity index (χ1v) is 10.5. The maximum Gasteiger partial charge on any atom is 0.306 e. The van der Waals surface area contributed by atoms with Gasteiger partial charge in [-0.05, 0) is 38.5 Å². The van der Waals surface area contributed by atoms with Crippen molar-refractivity contribution in [2.45, 2.75) is 90.4 Å². The van der Waals surface area contributed by atoms with Gasteiger partial charge in [-0.2, -0.15) is 0 Å². The Morgan fingerprint density at radius 1 is 0.741 bits per heavy atom. The monoisotopic (exact) mass is 378 g/mol. The van der Waals surface area contributed by atoms with Crippen molar-refractivity contribution in [1.29, 1.82) is 0 Å². The molecule has 4 heteroatoms. The summed E-state index contributed by atoms with van der Waals surface area (Å²) in [6.45, 7) is 2.56. The van der Waals surface area contributed by atoms with Crippen LogP contribution in [0.4, 0.5) is 0 Å². The Labute approximate surface area is 165 Å². The first-order valence-electron chi connectivity index (χ1n) is 10.5. The third-order valence-electron chi connectivity index (χ3n) is 4.10. The number of aliphatic carboxylic acids is 1. The van der Waals surface area contributed by atoms with Crippen LogP contribution in [0.1, 0.15) is 90.4 Å². The van der Waals surface area contributed by atoms with Crippen molar-refractivity contribution in [3.05, 3.63) is 36.5 Å². The number of carbonyl (C=O) groups excluding carboxylic acids is 1. The Bertz CT molecular complexity index is 449. The predicted molar refractivity (Wildman–Crippen MR) is 112 cm³/mol. The van der Waals surface area contributed by atoms with Gasteiger partial charge in [-0.1, -0.05) is 75.5 Å². The van der Waals surface area contributed by atoms with Crippen LogP contribution in [0.25, 0.3) is 0 Å². The number of allylic oxidation sites excluding steroid dienone is 6. The number of ether oxygens (including phenoxy) is 1. The van der Waals surface area contributed by atoms with E-state index < -0.39 is 11.9 Å². The Morgan fingerprint density at radius 2 is 1.30 bits per heavy atom. The molecule has 0 radical (unpaired) electrons. The third kappa shape index (κ3) is 22.1. The molecule has 0 fully saturated rings. The Balaban J connectivity index is 3.26. The Morgan fingerprint density at radius 3 is 1.93 bits per heavy atom. The van der Waals surface area contributed by atoms with E-state index in [1.54, 1.807) is 0 Å². The molecule has 4 nitrogen and oxygen atoms in total. The lowest BCUT2D eigenvalue weighted by Gasteiger charge is -2.04. The third-order valence-corrected chi connectivity index (χ3v) is 4.10. The highest BCUT2D eigenvalue weighted by molar-refractivity contribution is 5.76. The van der Waals surface area contributed by atoms with Gasteiger partial charge in [-0.15, -0.1) is 0 Å². The maximum atomic E-state index is 11.2. The van der Waals surface area contributed by atoms with Crippen LogP contribution in [-0.2, 0) is 14.3 Å². The van der Waals surface area contributed by atoms with Crippen LogP contribution in [0.3, 0.4) is 0 Å². The zero-order valence-electron chi connectivity index (χ0n) is 17.0. The van der Waals surface area contributed by atoms with Crippen molar-refractivity contribution in [3.63, 3.8) is 0 Å². The molecule has 0 aliphatic carbocycles. The molecule has 0 amide bonds. The van der Waals surface area contributed by atoms with Gasteiger partial charge in [0.15, 0.2) is 0 Å². The van der Waals surface area contributed by atoms with E-state index in [0.29, 0.717) is 6.61 Å². The van der Waals surface area contributed by atoms with Crippen molar-refractivity contribution >= 4 is 11.9 Å². The highest BCUT2D eigenvalue weighted by atomic mass is 16.5. The van der Waals surface area contributed by atoms with Gasteiger partial charge in [0, 0.05) is 0 Å². The molecule has 0 aromatic carbocycles. The van der Waals surface area contributed by atoms with Crippen molar-refractivity contribution in [1.82, 2.24) is 0 Å². The molecule has 0 aromatic heterocycles. The fraction of sp³-hybridized carbons (Fsp3) is 0.652. The summed E-state index contributed by atoms with van der Waals surface area (Å²) in [7, 11) is 0. The topological polar surface area (TPSA) is 63.6 Å². The maximum absolute atomic E-state index is 11.2. The van der Waals surface area contributed by atoms with Crippen LogP contribution in [0, 0.1) is 0 Å². The quantitative estimate of drug-likeness (QED) is 0.171. The minimum atomic E-state index is -0.963. The minimum absolute atomic E-state index is 0.0314. The fourth-order valence-corrected chi connectivity index (χ4v) is 2.54. The van der Waals surface area contributed by atoms with E-state index in [0.717, 1.165) is 38.5 Å². The van der Waals surface area contributed by atoms with E-state index in [4.69, 9.17) is 9.84 Å². The smallest absolute Gasteiger partial charge is 0.306 e. The highest BCUT2D eigenvalue weighted by Crippen LogP contribution is 2.09. The van der Waals surface area contributed by atoms with Gasteiger partial charge >= 0.3 is 11.9 Å². The average molecular weight is 379 g/mol. The lowest BCUT2D eigenvalue weighted by atomic mass is 10.1. The van der Waals surface area contributed by atoms with Crippen LogP contribution in [0.5, 0.6) is 0 Å². The molecule has 0 aliphatic heterocycles. The molecule has 0 aliphatic rings. The standard InChI is InChI=1S/C23H38O4/c1-2-3-4-5-6-7-8-9-10-11-12-13-14-15-16-17-18-21-27-23(26)20-19-22(24)25/h3-4,6-7,9-10H,2,5,8,11-21H2,1H3,(H,24,25)/b4-3+,7-6+,10-9+. The number of hydrogen-bond donors (Lipinski definition) is 1. The lowest BCUT2D eigenvalue weighted by Crippen LogP contribution is -2.08. The molecule has 1 N–H and O–H groups in total. The summed E-state index contributed by atoms with van der Waals surface area (Å²) in [5.41, 5.74) is 0. The molecule has 27 heavy (non-hydrogen) atoms.